The molecular formula is C17H23N3O3. The van der Waals surface area contributed by atoms with Crippen molar-refractivity contribution in [1.82, 2.24) is 10.5 Å². The number of aromatic nitrogens is 1. The zero-order chi connectivity index (χ0) is 16.7. The molecule has 0 spiro atoms. The largest absolute Gasteiger partial charge is 0.497 e. The molecule has 0 fully saturated rings. The second-order valence-electron chi connectivity index (χ2n) is 5.40. The first kappa shape index (κ1) is 17.0. The summed E-state index contributed by atoms with van der Waals surface area (Å²) in [5.41, 5.74) is 1.69. The Balaban J connectivity index is 1.75. The van der Waals surface area contributed by atoms with Gasteiger partial charge in [-0.2, -0.15) is 0 Å². The van der Waals surface area contributed by atoms with E-state index in [1.54, 1.807) is 7.11 Å². The number of carbonyl (C=O) groups excluding carboxylic acids is 1. The maximum Gasteiger partial charge on any atom is 0.225 e. The summed E-state index contributed by atoms with van der Waals surface area (Å²) in [6.45, 7) is 4.55. The van der Waals surface area contributed by atoms with Gasteiger partial charge in [0.15, 0.2) is 5.76 Å². The van der Waals surface area contributed by atoms with E-state index in [2.05, 4.69) is 15.8 Å². The number of nitrogens with one attached hydrogen (secondary N) is 2. The number of anilines is 1. The summed E-state index contributed by atoms with van der Waals surface area (Å²) in [4.78, 5) is 12.0. The lowest BCUT2D eigenvalue weighted by Crippen LogP contribution is -2.30. The summed E-state index contributed by atoms with van der Waals surface area (Å²) in [5, 5.41) is 10.1. The lowest BCUT2D eigenvalue weighted by Gasteiger charge is -2.12. The van der Waals surface area contributed by atoms with Crippen LogP contribution in [0.5, 0.6) is 5.75 Å². The second kappa shape index (κ2) is 8.33. The van der Waals surface area contributed by atoms with E-state index in [0.29, 0.717) is 13.0 Å². The third kappa shape index (κ3) is 5.41. The van der Waals surface area contributed by atoms with Crippen LogP contribution in [0, 0.1) is 0 Å². The molecule has 2 rings (SSSR count). The predicted molar refractivity (Wildman–Crippen MR) is 88.4 cm³/mol. The fourth-order valence-corrected chi connectivity index (χ4v) is 2.12. The molecule has 0 saturated carbocycles. The van der Waals surface area contributed by atoms with Crippen molar-refractivity contribution in [2.75, 3.05) is 12.4 Å². The molecule has 0 aliphatic heterocycles. The van der Waals surface area contributed by atoms with Crippen LogP contribution in [-0.4, -0.2) is 24.2 Å². The van der Waals surface area contributed by atoms with Gasteiger partial charge in [0, 0.05) is 24.2 Å². The molecule has 1 heterocycles. The third-order valence-corrected chi connectivity index (χ3v) is 3.46. The zero-order valence-electron chi connectivity index (χ0n) is 13.8. The molecule has 0 aliphatic carbocycles. The summed E-state index contributed by atoms with van der Waals surface area (Å²) in [6, 6.07) is 9.21. The number of nitrogens with zero attached hydrogens (tertiary/aromatic N) is 1. The molecule has 1 aromatic heterocycles. The van der Waals surface area contributed by atoms with Crippen LogP contribution >= 0.6 is 0 Å². The third-order valence-electron chi connectivity index (χ3n) is 3.46. The van der Waals surface area contributed by atoms with Crippen molar-refractivity contribution in [2.24, 2.45) is 0 Å². The van der Waals surface area contributed by atoms with Crippen molar-refractivity contribution < 1.29 is 14.1 Å². The molecule has 0 unspecified atom stereocenters. The van der Waals surface area contributed by atoms with Gasteiger partial charge in [0.1, 0.15) is 5.75 Å². The van der Waals surface area contributed by atoms with Gasteiger partial charge in [-0.15, -0.1) is 0 Å². The SMILES string of the molecule is CCc1cc(CN[C@H](C)CC(=O)Nc2ccc(OC)cc2)on1. The average Bonchev–Trinajstić information content (AvgIpc) is 3.01. The van der Waals surface area contributed by atoms with E-state index < -0.39 is 0 Å². The van der Waals surface area contributed by atoms with Crippen LogP contribution in [0.1, 0.15) is 31.7 Å². The number of ether oxygens (including phenoxy) is 1. The minimum atomic E-state index is -0.0398. The van der Waals surface area contributed by atoms with Gasteiger partial charge in [-0.25, -0.2) is 0 Å². The molecule has 124 valence electrons. The quantitative estimate of drug-likeness (QED) is 0.783. The molecule has 0 saturated heterocycles. The number of methoxy groups -OCH3 is 1. The van der Waals surface area contributed by atoms with Crippen LogP contribution in [0.4, 0.5) is 5.69 Å². The smallest absolute Gasteiger partial charge is 0.225 e. The van der Waals surface area contributed by atoms with Crippen LogP contribution < -0.4 is 15.4 Å². The highest BCUT2D eigenvalue weighted by molar-refractivity contribution is 5.91. The van der Waals surface area contributed by atoms with Crippen molar-refractivity contribution in [1.29, 1.82) is 0 Å². The average molecular weight is 317 g/mol. The fraction of sp³-hybridized carbons (Fsp3) is 0.412. The molecule has 1 atom stereocenters. The van der Waals surface area contributed by atoms with Gasteiger partial charge in [0.05, 0.1) is 19.3 Å². The lowest BCUT2D eigenvalue weighted by molar-refractivity contribution is -0.116. The van der Waals surface area contributed by atoms with Crippen LogP contribution in [0.25, 0.3) is 0 Å². The summed E-state index contributed by atoms with van der Waals surface area (Å²) >= 11 is 0. The first-order valence-corrected chi connectivity index (χ1v) is 7.72. The Bertz CT molecular complexity index is 622. The predicted octanol–water partition coefficient (Wildman–Crippen LogP) is 2.75. The Morgan fingerprint density at radius 2 is 2.09 bits per heavy atom. The van der Waals surface area contributed by atoms with E-state index in [1.807, 2.05) is 44.2 Å². The first-order chi connectivity index (χ1) is 11.1. The summed E-state index contributed by atoms with van der Waals surface area (Å²) in [6.07, 6.45) is 1.23. The normalized spacial score (nSPS) is 12.0. The Morgan fingerprint density at radius 1 is 1.35 bits per heavy atom. The Labute approximate surface area is 136 Å². The van der Waals surface area contributed by atoms with E-state index in [0.717, 1.165) is 29.3 Å². The van der Waals surface area contributed by atoms with Crippen LogP contribution in [0.3, 0.4) is 0 Å². The summed E-state index contributed by atoms with van der Waals surface area (Å²) in [7, 11) is 1.61. The van der Waals surface area contributed by atoms with Gasteiger partial charge < -0.3 is 19.9 Å². The van der Waals surface area contributed by atoms with E-state index in [4.69, 9.17) is 9.26 Å². The van der Waals surface area contributed by atoms with E-state index >= 15 is 0 Å². The van der Waals surface area contributed by atoms with E-state index in [1.165, 1.54) is 0 Å². The number of benzene rings is 1. The molecule has 2 aromatic rings. The van der Waals surface area contributed by atoms with Gasteiger partial charge in [0.2, 0.25) is 5.91 Å². The van der Waals surface area contributed by atoms with Crippen molar-refractivity contribution >= 4 is 11.6 Å². The Kier molecular flexibility index (Phi) is 6.17. The Morgan fingerprint density at radius 3 is 2.70 bits per heavy atom. The van der Waals surface area contributed by atoms with Crippen molar-refractivity contribution in [3.63, 3.8) is 0 Å². The number of hydrogen-bond acceptors (Lipinski definition) is 5. The molecule has 6 nitrogen and oxygen atoms in total. The van der Waals surface area contributed by atoms with Crippen LogP contribution in [0.15, 0.2) is 34.9 Å². The van der Waals surface area contributed by atoms with Gasteiger partial charge in [-0.1, -0.05) is 12.1 Å². The van der Waals surface area contributed by atoms with Gasteiger partial charge in [-0.3, -0.25) is 4.79 Å². The zero-order valence-corrected chi connectivity index (χ0v) is 13.8. The van der Waals surface area contributed by atoms with E-state index in [9.17, 15) is 4.79 Å². The maximum absolute atomic E-state index is 12.0. The highest BCUT2D eigenvalue weighted by Crippen LogP contribution is 2.15. The second-order valence-corrected chi connectivity index (χ2v) is 5.40. The lowest BCUT2D eigenvalue weighted by atomic mass is 10.2. The molecule has 1 aromatic carbocycles. The fourth-order valence-electron chi connectivity index (χ4n) is 2.12. The number of amides is 1. The molecule has 0 radical (unpaired) electrons. The van der Waals surface area contributed by atoms with Gasteiger partial charge >= 0.3 is 0 Å². The molecule has 0 bridgehead atoms. The number of aryl methyl sites for hydroxylation is 1. The molecule has 23 heavy (non-hydrogen) atoms. The van der Waals surface area contributed by atoms with Crippen LogP contribution in [0.2, 0.25) is 0 Å². The number of carbonyl (C=O) groups is 1. The Hall–Kier alpha value is -2.34. The summed E-state index contributed by atoms with van der Waals surface area (Å²) in [5.74, 6) is 1.50. The molecule has 6 heteroatoms. The summed E-state index contributed by atoms with van der Waals surface area (Å²) < 4.78 is 10.3. The minimum Gasteiger partial charge on any atom is -0.497 e. The molecule has 2 N–H and O–H groups in total. The topological polar surface area (TPSA) is 76.4 Å². The van der Waals surface area contributed by atoms with Crippen molar-refractivity contribution in [3.05, 3.63) is 41.8 Å². The highest BCUT2D eigenvalue weighted by atomic mass is 16.5. The van der Waals surface area contributed by atoms with Gasteiger partial charge in [0.25, 0.3) is 0 Å². The van der Waals surface area contributed by atoms with Crippen LogP contribution in [-0.2, 0) is 17.8 Å². The van der Waals surface area contributed by atoms with Crippen molar-refractivity contribution in [2.45, 2.75) is 39.3 Å². The first-order valence-electron chi connectivity index (χ1n) is 7.72. The number of hydrogen-bond donors (Lipinski definition) is 2. The maximum atomic E-state index is 12.0. The van der Waals surface area contributed by atoms with Crippen molar-refractivity contribution in [3.8, 4) is 5.75 Å². The standard InChI is InChI=1S/C17H23N3O3/c1-4-13-10-16(23-20-13)11-18-12(2)9-17(21)19-14-5-7-15(22-3)8-6-14/h5-8,10,12,18H,4,9,11H2,1-3H3,(H,19,21)/t12-/m1/s1. The highest BCUT2D eigenvalue weighted by Gasteiger charge is 2.10. The van der Waals surface area contributed by atoms with Gasteiger partial charge in [-0.05, 0) is 37.6 Å². The molecular weight excluding hydrogens is 294 g/mol. The monoisotopic (exact) mass is 317 g/mol. The van der Waals surface area contributed by atoms with E-state index in [-0.39, 0.29) is 11.9 Å². The number of rotatable bonds is 8. The minimum absolute atomic E-state index is 0.0309. The molecule has 0 aliphatic rings. The molecule has 1 amide bonds.